The largest absolute Gasteiger partial charge is 0.366 e. The van der Waals surface area contributed by atoms with Crippen LogP contribution in [0.25, 0.3) is 0 Å². The summed E-state index contributed by atoms with van der Waals surface area (Å²) < 4.78 is 22.3. The van der Waals surface area contributed by atoms with Crippen molar-refractivity contribution in [2.75, 3.05) is 26.2 Å². The molecule has 0 aromatic heterocycles. The van der Waals surface area contributed by atoms with E-state index in [4.69, 9.17) is 16.3 Å². The summed E-state index contributed by atoms with van der Waals surface area (Å²) in [6.45, 7) is 11.9. The summed E-state index contributed by atoms with van der Waals surface area (Å²) in [4.78, 5) is 46.5. The molecule has 5 aliphatic heterocycles. The predicted molar refractivity (Wildman–Crippen MR) is 167 cm³/mol. The van der Waals surface area contributed by atoms with Gasteiger partial charge in [-0.05, 0) is 56.6 Å². The van der Waals surface area contributed by atoms with E-state index in [0.29, 0.717) is 45.2 Å². The van der Waals surface area contributed by atoms with Gasteiger partial charge in [0.1, 0.15) is 12.8 Å². The van der Waals surface area contributed by atoms with Crippen molar-refractivity contribution in [3.8, 4) is 0 Å². The van der Waals surface area contributed by atoms with Crippen molar-refractivity contribution < 1.29 is 23.5 Å². The Kier molecular flexibility index (Phi) is 8.59. The molecule has 7 rings (SSSR count). The average Bonchev–Trinajstić information content (AvgIpc) is 3.69. The molecule has 0 aromatic rings. The van der Waals surface area contributed by atoms with Crippen LogP contribution in [0.3, 0.4) is 0 Å². The van der Waals surface area contributed by atoms with Crippen LogP contribution in [-0.2, 0) is 14.3 Å². The van der Waals surface area contributed by atoms with Gasteiger partial charge in [0, 0.05) is 54.5 Å². The maximum absolute atomic E-state index is 15.9. The number of nitrogens with one attached hydrogen (secondary N) is 4. The highest BCUT2D eigenvalue weighted by atomic mass is 35.5. The van der Waals surface area contributed by atoms with E-state index in [1.165, 1.54) is 6.08 Å². The molecule has 2 bridgehead atoms. The molecule has 7 aliphatic rings. The molecule has 14 atom stereocenters. The monoisotopic (exact) mass is 649 g/mol. The second-order valence-electron chi connectivity index (χ2n) is 14.7. The average molecular weight is 650 g/mol. The normalized spacial score (nSPS) is 46.8. The first-order valence-corrected chi connectivity index (χ1v) is 17.5. The molecule has 4 amide bonds. The number of urea groups is 1. The van der Waals surface area contributed by atoms with E-state index in [-0.39, 0.29) is 84.7 Å². The van der Waals surface area contributed by atoms with Gasteiger partial charge in [0.2, 0.25) is 11.8 Å². The lowest BCUT2D eigenvalue weighted by atomic mass is 9.72. The van der Waals surface area contributed by atoms with Crippen molar-refractivity contribution in [3.63, 3.8) is 0 Å². The van der Waals surface area contributed by atoms with E-state index in [9.17, 15) is 14.4 Å². The third kappa shape index (κ3) is 5.36. The number of carbonyl (C=O) groups is 3. The zero-order valence-corrected chi connectivity index (χ0v) is 27.3. The van der Waals surface area contributed by atoms with Gasteiger partial charge >= 0.3 is 6.03 Å². The molecule has 5 saturated heterocycles. The number of piperidine rings is 2. The van der Waals surface area contributed by atoms with Crippen LogP contribution in [0.15, 0.2) is 12.7 Å². The Balaban J connectivity index is 1.27. The Bertz CT molecular complexity index is 1200. The Labute approximate surface area is 270 Å². The number of ether oxygens (including phenoxy) is 1. The number of piperazine rings is 1. The minimum atomic E-state index is -1.12. The van der Waals surface area contributed by atoms with Crippen LogP contribution < -0.4 is 21.3 Å². The first-order chi connectivity index (χ1) is 21.6. The molecular weight excluding hydrogens is 601 g/mol. The van der Waals surface area contributed by atoms with Gasteiger partial charge in [-0.1, -0.05) is 27.4 Å². The van der Waals surface area contributed by atoms with Crippen LogP contribution in [-0.4, -0.2) is 125 Å². The van der Waals surface area contributed by atoms with Crippen molar-refractivity contribution in [2.45, 2.75) is 119 Å². The highest BCUT2D eigenvalue weighted by Crippen LogP contribution is 2.48. The van der Waals surface area contributed by atoms with Gasteiger partial charge in [0.25, 0.3) is 0 Å². The fraction of sp³-hybridized carbons (Fsp3) is 0.844. The van der Waals surface area contributed by atoms with Crippen LogP contribution in [0, 0.1) is 23.7 Å². The lowest BCUT2D eigenvalue weighted by Crippen LogP contribution is -2.80. The summed E-state index contributed by atoms with van der Waals surface area (Å²) in [6, 6.07) is -1.19. The summed E-state index contributed by atoms with van der Waals surface area (Å²) in [5.41, 5.74) is 0. The topological polar surface area (TPSA) is 118 Å². The van der Waals surface area contributed by atoms with Gasteiger partial charge in [0.05, 0.1) is 30.5 Å². The molecule has 7 fully saturated rings. The van der Waals surface area contributed by atoms with E-state index in [1.54, 1.807) is 0 Å². The Morgan fingerprint density at radius 1 is 1.11 bits per heavy atom. The fourth-order valence-corrected chi connectivity index (χ4v) is 10.4. The minimum absolute atomic E-state index is 0.0550. The van der Waals surface area contributed by atoms with Crippen LogP contribution in [0.1, 0.15) is 52.9 Å². The van der Waals surface area contributed by atoms with E-state index >= 15 is 4.39 Å². The molecule has 0 aromatic carbocycles. The molecule has 4 N–H and O–H groups in total. The predicted octanol–water partition coefficient (Wildman–Crippen LogP) is 1.37. The first-order valence-electron chi connectivity index (χ1n) is 17.1. The van der Waals surface area contributed by atoms with Crippen molar-refractivity contribution in [2.24, 2.45) is 23.7 Å². The summed E-state index contributed by atoms with van der Waals surface area (Å²) in [5.74, 6) is -0.458. The Morgan fingerprint density at radius 3 is 2.67 bits per heavy atom. The zero-order chi connectivity index (χ0) is 31.7. The summed E-state index contributed by atoms with van der Waals surface area (Å²) in [5, 5.41) is 13.5. The Hall–Kier alpha value is -1.99. The maximum Gasteiger partial charge on any atom is 0.320 e. The van der Waals surface area contributed by atoms with Crippen molar-refractivity contribution in [1.29, 1.82) is 0 Å². The van der Waals surface area contributed by atoms with Gasteiger partial charge < -0.3 is 30.5 Å². The van der Waals surface area contributed by atoms with Crippen molar-refractivity contribution in [3.05, 3.63) is 12.7 Å². The van der Waals surface area contributed by atoms with Crippen LogP contribution in [0.5, 0.6) is 0 Å². The number of nitrogens with zero attached hydrogens (tertiary/aromatic N) is 3. The van der Waals surface area contributed by atoms with Gasteiger partial charge in [-0.2, -0.15) is 0 Å². The van der Waals surface area contributed by atoms with Gasteiger partial charge in [-0.15, -0.1) is 11.6 Å². The maximum atomic E-state index is 15.9. The summed E-state index contributed by atoms with van der Waals surface area (Å²) >= 11 is 7.27. The van der Waals surface area contributed by atoms with Gasteiger partial charge in [-0.25, -0.2) is 9.18 Å². The first kappa shape index (κ1) is 31.6. The molecule has 5 heterocycles. The van der Waals surface area contributed by atoms with Crippen LogP contribution in [0.4, 0.5) is 9.18 Å². The molecule has 12 unspecified atom stereocenters. The summed E-state index contributed by atoms with van der Waals surface area (Å²) in [6.07, 6.45) is 2.24. The number of carbonyl (C=O) groups excluding carboxylic acids is 3. The third-order valence-electron chi connectivity index (χ3n) is 12.0. The SMILES string of the molecule is C=CC(=O)N1CCN(C2NC(=O)N3C4NC(C(Cl)CC42)C2C(F)CCCC2NC(=O)COC2CCNC(C(C)C)C23)[C@H]2C1[C@H]2C. The molecule has 0 radical (unpaired) electrons. The second-order valence-corrected chi connectivity index (χ2v) is 15.3. The van der Waals surface area contributed by atoms with Crippen LogP contribution >= 0.6 is 11.6 Å². The van der Waals surface area contributed by atoms with Gasteiger partial charge in [-0.3, -0.25) is 19.8 Å². The molecular formula is C32H49ClFN7O4. The third-order valence-corrected chi connectivity index (χ3v) is 12.4. The highest BCUT2D eigenvalue weighted by molar-refractivity contribution is 6.21. The molecule has 2 saturated carbocycles. The van der Waals surface area contributed by atoms with E-state index < -0.39 is 29.7 Å². The lowest BCUT2D eigenvalue weighted by molar-refractivity contribution is -0.139. The molecule has 11 nitrogen and oxygen atoms in total. The van der Waals surface area contributed by atoms with Gasteiger partial charge in [0.15, 0.2) is 0 Å². The Morgan fingerprint density at radius 2 is 1.91 bits per heavy atom. The molecule has 13 heteroatoms. The summed E-state index contributed by atoms with van der Waals surface area (Å²) in [7, 11) is 0. The fourth-order valence-electron chi connectivity index (χ4n) is 9.92. The number of fused-ring (bicyclic) bond motifs is 6. The molecule has 2 aliphatic carbocycles. The number of hydrogen-bond acceptors (Lipinski definition) is 7. The van der Waals surface area contributed by atoms with Crippen molar-refractivity contribution in [1.82, 2.24) is 36.0 Å². The second kappa shape index (κ2) is 12.2. The minimum Gasteiger partial charge on any atom is -0.366 e. The van der Waals surface area contributed by atoms with E-state index in [0.717, 1.165) is 6.54 Å². The highest BCUT2D eigenvalue weighted by Gasteiger charge is 2.63. The quantitative estimate of drug-likeness (QED) is 0.270. The van der Waals surface area contributed by atoms with E-state index in [2.05, 4.69) is 53.5 Å². The zero-order valence-electron chi connectivity index (χ0n) is 26.5. The number of rotatable bonds is 3. The standard InChI is InChI=1S/C32H49ClFN7O4/c1-5-23(43)39-11-12-40(28-16(4)27(28)39)30-17-13-18(33)26-24-19(34)7-6-8-20(24)36-22(42)14-45-21-9-10-35-25(15(2)3)29(21)41(31(17)37-26)32(44)38-30/h5,15-21,24-31,35,37H,1,6-14H2,2-4H3,(H,36,42)(H,38,44)/t16-,17?,18?,19?,20?,21?,24?,25?,26?,27?,28-,29?,30?,31?/m1/s1. The van der Waals surface area contributed by atoms with Crippen molar-refractivity contribution >= 4 is 29.4 Å². The number of amides is 4. The van der Waals surface area contributed by atoms with Crippen LogP contribution in [0.2, 0.25) is 0 Å². The smallest absolute Gasteiger partial charge is 0.320 e. The molecule has 0 spiro atoms. The molecule has 250 valence electrons. The number of halogens is 2. The molecule has 45 heavy (non-hydrogen) atoms. The number of hydrogen-bond donors (Lipinski definition) is 4. The number of alkyl halides is 2. The van der Waals surface area contributed by atoms with E-state index in [1.807, 2.05) is 9.80 Å². The lowest BCUT2D eigenvalue weighted by Gasteiger charge is -2.60.